The summed E-state index contributed by atoms with van der Waals surface area (Å²) in [4.78, 5) is 53.0. The van der Waals surface area contributed by atoms with E-state index in [2.05, 4.69) is 16.0 Å². The van der Waals surface area contributed by atoms with Crippen LogP contribution in [0.4, 0.5) is 17.1 Å². The minimum Gasteiger partial charge on any atom is -0.346 e. The Morgan fingerprint density at radius 1 is 1.03 bits per heavy atom. The number of carbonyl (C=O) groups is 4. The lowest BCUT2D eigenvalue weighted by Gasteiger charge is -2.29. The second-order valence-corrected chi connectivity index (χ2v) is 8.65. The van der Waals surface area contributed by atoms with Crippen molar-refractivity contribution in [3.8, 4) is 0 Å². The van der Waals surface area contributed by atoms with Crippen molar-refractivity contribution in [2.75, 3.05) is 42.2 Å². The first-order valence-corrected chi connectivity index (χ1v) is 11.2. The third-order valence-electron chi connectivity index (χ3n) is 5.64. The standard InChI is InChI=1S/C25H31N5O4/c1-16-8-7-9-17(2)25(16)28-22(32)13-26-23(33)14-29(4)15-24(34)30-18(3)12-21(31)27-19-10-5-6-11-20(19)30/h5-11,18H,12-15H2,1-4H3,(H,26,33)(H,27,31)(H,28,32). The highest BCUT2D eigenvalue weighted by Crippen LogP contribution is 2.31. The molecule has 1 aliphatic rings. The third kappa shape index (κ3) is 6.20. The van der Waals surface area contributed by atoms with Crippen LogP contribution in [0.2, 0.25) is 0 Å². The Morgan fingerprint density at radius 3 is 2.41 bits per heavy atom. The molecule has 0 saturated carbocycles. The maximum Gasteiger partial charge on any atom is 0.243 e. The molecule has 0 aliphatic carbocycles. The van der Waals surface area contributed by atoms with Crippen LogP contribution in [-0.4, -0.2) is 61.3 Å². The van der Waals surface area contributed by atoms with E-state index in [4.69, 9.17) is 0 Å². The average Bonchev–Trinajstić information content (AvgIpc) is 2.88. The van der Waals surface area contributed by atoms with Gasteiger partial charge in [-0.15, -0.1) is 0 Å². The predicted octanol–water partition coefficient (Wildman–Crippen LogP) is 2.05. The SMILES string of the molecule is Cc1cccc(C)c1NC(=O)CNC(=O)CN(C)CC(=O)N1c2ccccc2NC(=O)CC1C. The highest BCUT2D eigenvalue weighted by Gasteiger charge is 2.30. The number of amides is 4. The van der Waals surface area contributed by atoms with Gasteiger partial charge in [-0.05, 0) is 51.1 Å². The first kappa shape index (κ1) is 24.9. The molecule has 1 aliphatic heterocycles. The average molecular weight is 466 g/mol. The van der Waals surface area contributed by atoms with Crippen molar-refractivity contribution in [2.24, 2.45) is 0 Å². The third-order valence-corrected chi connectivity index (χ3v) is 5.64. The van der Waals surface area contributed by atoms with Gasteiger partial charge in [-0.2, -0.15) is 0 Å². The number of rotatable bonds is 7. The first-order chi connectivity index (χ1) is 16.2. The maximum absolute atomic E-state index is 13.1. The quantitative estimate of drug-likeness (QED) is 0.580. The van der Waals surface area contributed by atoms with Crippen LogP contribution < -0.4 is 20.9 Å². The zero-order chi connectivity index (χ0) is 24.8. The van der Waals surface area contributed by atoms with Crippen molar-refractivity contribution in [1.29, 1.82) is 0 Å². The van der Waals surface area contributed by atoms with E-state index in [0.717, 1.165) is 16.8 Å². The van der Waals surface area contributed by atoms with E-state index >= 15 is 0 Å². The molecule has 1 atom stereocenters. The molecule has 0 bridgehead atoms. The van der Waals surface area contributed by atoms with E-state index in [1.54, 1.807) is 35.0 Å². The lowest BCUT2D eigenvalue weighted by Crippen LogP contribution is -2.46. The summed E-state index contributed by atoms with van der Waals surface area (Å²) in [5, 5.41) is 8.24. The minimum atomic E-state index is -0.367. The molecule has 0 aromatic heterocycles. The Labute approximate surface area is 199 Å². The zero-order valence-electron chi connectivity index (χ0n) is 20.0. The molecule has 1 unspecified atom stereocenters. The van der Waals surface area contributed by atoms with Crippen LogP contribution >= 0.6 is 0 Å². The number of hydrogen-bond donors (Lipinski definition) is 3. The topological polar surface area (TPSA) is 111 Å². The number of anilines is 3. The van der Waals surface area contributed by atoms with Crippen molar-refractivity contribution in [3.63, 3.8) is 0 Å². The number of fused-ring (bicyclic) bond motifs is 1. The van der Waals surface area contributed by atoms with Gasteiger partial charge in [0.05, 0.1) is 31.0 Å². The van der Waals surface area contributed by atoms with Crippen molar-refractivity contribution < 1.29 is 19.2 Å². The first-order valence-electron chi connectivity index (χ1n) is 11.2. The number of nitrogens with zero attached hydrogens (tertiary/aromatic N) is 2. The molecule has 1 heterocycles. The van der Waals surface area contributed by atoms with E-state index in [1.807, 2.05) is 45.0 Å². The van der Waals surface area contributed by atoms with Crippen LogP contribution in [0.5, 0.6) is 0 Å². The van der Waals surface area contributed by atoms with Crippen molar-refractivity contribution >= 4 is 40.7 Å². The van der Waals surface area contributed by atoms with E-state index in [9.17, 15) is 19.2 Å². The Hall–Kier alpha value is -3.72. The molecule has 4 amide bonds. The Balaban J connectivity index is 1.53. The molecule has 0 radical (unpaired) electrons. The van der Waals surface area contributed by atoms with Crippen LogP contribution in [0.15, 0.2) is 42.5 Å². The van der Waals surface area contributed by atoms with Gasteiger partial charge in [0, 0.05) is 18.2 Å². The van der Waals surface area contributed by atoms with Crippen LogP contribution in [0.3, 0.4) is 0 Å². The molecule has 0 saturated heterocycles. The molecule has 3 N–H and O–H groups in total. The molecule has 9 nitrogen and oxygen atoms in total. The Kier molecular flexibility index (Phi) is 8.01. The zero-order valence-corrected chi connectivity index (χ0v) is 20.0. The molecule has 180 valence electrons. The summed E-state index contributed by atoms with van der Waals surface area (Å²) in [6, 6.07) is 12.5. The van der Waals surface area contributed by atoms with Gasteiger partial charge in [0.15, 0.2) is 0 Å². The molecule has 3 rings (SSSR count). The fourth-order valence-electron chi connectivity index (χ4n) is 4.01. The Morgan fingerprint density at radius 2 is 1.71 bits per heavy atom. The maximum atomic E-state index is 13.1. The summed E-state index contributed by atoms with van der Waals surface area (Å²) in [7, 11) is 1.66. The molecule has 2 aromatic rings. The molecule has 2 aromatic carbocycles. The molecule has 9 heteroatoms. The molecular weight excluding hydrogens is 434 g/mol. The van der Waals surface area contributed by atoms with Gasteiger partial charge in [-0.3, -0.25) is 24.1 Å². The van der Waals surface area contributed by atoms with Crippen LogP contribution in [0.25, 0.3) is 0 Å². The highest BCUT2D eigenvalue weighted by molar-refractivity contribution is 6.05. The predicted molar refractivity (Wildman–Crippen MR) is 132 cm³/mol. The summed E-state index contributed by atoms with van der Waals surface area (Å²) in [6.07, 6.45) is 0.181. The van der Waals surface area contributed by atoms with Gasteiger partial charge in [-0.25, -0.2) is 0 Å². The van der Waals surface area contributed by atoms with Crippen LogP contribution in [0, 0.1) is 13.8 Å². The second-order valence-electron chi connectivity index (χ2n) is 8.65. The monoisotopic (exact) mass is 465 g/mol. The van der Waals surface area contributed by atoms with Crippen molar-refractivity contribution in [1.82, 2.24) is 10.2 Å². The Bertz CT molecular complexity index is 1080. The number of benzene rings is 2. The number of likely N-dealkylation sites (N-methyl/N-ethyl adjacent to an activating group) is 1. The molecule has 0 spiro atoms. The number of hydrogen-bond acceptors (Lipinski definition) is 5. The summed E-state index contributed by atoms with van der Waals surface area (Å²) in [6.45, 7) is 5.39. The number of para-hydroxylation sites is 3. The summed E-state index contributed by atoms with van der Waals surface area (Å²) in [5.41, 5.74) is 3.84. The number of aryl methyl sites for hydroxylation is 2. The van der Waals surface area contributed by atoms with E-state index in [-0.39, 0.29) is 55.7 Å². The second kappa shape index (κ2) is 10.9. The lowest BCUT2D eigenvalue weighted by molar-refractivity contribution is -0.126. The summed E-state index contributed by atoms with van der Waals surface area (Å²) in [5.74, 6) is -1.06. The minimum absolute atomic E-state index is 0.0190. The summed E-state index contributed by atoms with van der Waals surface area (Å²) >= 11 is 0. The van der Waals surface area contributed by atoms with Gasteiger partial charge < -0.3 is 20.9 Å². The van der Waals surface area contributed by atoms with Crippen LogP contribution in [0.1, 0.15) is 24.5 Å². The fraction of sp³-hybridized carbons (Fsp3) is 0.360. The largest absolute Gasteiger partial charge is 0.346 e. The van der Waals surface area contributed by atoms with Gasteiger partial charge in [-0.1, -0.05) is 30.3 Å². The molecule has 0 fully saturated rings. The van der Waals surface area contributed by atoms with Gasteiger partial charge >= 0.3 is 0 Å². The van der Waals surface area contributed by atoms with E-state index < -0.39 is 0 Å². The highest BCUT2D eigenvalue weighted by atomic mass is 16.2. The van der Waals surface area contributed by atoms with E-state index in [1.165, 1.54) is 0 Å². The lowest BCUT2D eigenvalue weighted by atomic mass is 10.1. The normalized spacial score (nSPS) is 15.3. The van der Waals surface area contributed by atoms with Gasteiger partial charge in [0.2, 0.25) is 23.6 Å². The van der Waals surface area contributed by atoms with Gasteiger partial charge in [0.25, 0.3) is 0 Å². The fourth-order valence-corrected chi connectivity index (χ4v) is 4.01. The van der Waals surface area contributed by atoms with Gasteiger partial charge in [0.1, 0.15) is 0 Å². The number of carbonyl (C=O) groups excluding carboxylic acids is 4. The smallest absolute Gasteiger partial charge is 0.243 e. The molecular formula is C25H31N5O4. The van der Waals surface area contributed by atoms with Crippen molar-refractivity contribution in [2.45, 2.75) is 33.2 Å². The van der Waals surface area contributed by atoms with E-state index in [0.29, 0.717) is 11.4 Å². The van der Waals surface area contributed by atoms with Crippen molar-refractivity contribution in [3.05, 3.63) is 53.6 Å². The van der Waals surface area contributed by atoms with Crippen LogP contribution in [-0.2, 0) is 19.2 Å². The number of nitrogens with one attached hydrogen (secondary N) is 3. The summed E-state index contributed by atoms with van der Waals surface area (Å²) < 4.78 is 0. The molecule has 34 heavy (non-hydrogen) atoms.